The van der Waals surface area contributed by atoms with Crippen LogP contribution in [0.25, 0.3) is 10.9 Å². The lowest BCUT2D eigenvalue weighted by Crippen LogP contribution is -2.57. The quantitative estimate of drug-likeness (QED) is 0.875. The number of amides is 1. The predicted molar refractivity (Wildman–Crippen MR) is 100 cm³/mol. The lowest BCUT2D eigenvalue weighted by Gasteiger charge is -2.44. The van der Waals surface area contributed by atoms with Crippen molar-refractivity contribution in [3.05, 3.63) is 23.9 Å². The second-order valence-corrected chi connectivity index (χ2v) is 7.19. The molecule has 2 bridgehead atoms. The molecule has 0 saturated carbocycles. The highest BCUT2D eigenvalue weighted by molar-refractivity contribution is 6.05. The lowest BCUT2D eigenvalue weighted by molar-refractivity contribution is 0.0618. The maximum Gasteiger partial charge on any atom is 0.272 e. The van der Waals surface area contributed by atoms with E-state index in [0.717, 1.165) is 36.2 Å². The molecule has 1 aromatic carbocycles. The maximum atomic E-state index is 12.9. The summed E-state index contributed by atoms with van der Waals surface area (Å²) in [6, 6.07) is 6.44. The molecule has 5 rings (SSSR count). The smallest absolute Gasteiger partial charge is 0.272 e. The SMILES string of the molecule is CCN(CC)c1ccc2[nH]nc(C(=O)N[C@@H]3CN4CCC3CC4)c2c1. The average molecular weight is 341 g/mol. The van der Waals surface area contributed by atoms with Crippen LogP contribution in [0.4, 0.5) is 5.69 Å². The lowest BCUT2D eigenvalue weighted by atomic mass is 9.84. The molecule has 0 aliphatic carbocycles. The summed E-state index contributed by atoms with van der Waals surface area (Å²) in [5.74, 6) is 0.562. The number of hydrogen-bond acceptors (Lipinski definition) is 4. The topological polar surface area (TPSA) is 64.3 Å². The highest BCUT2D eigenvalue weighted by Crippen LogP contribution is 2.28. The van der Waals surface area contributed by atoms with Crippen molar-refractivity contribution in [1.82, 2.24) is 20.4 Å². The van der Waals surface area contributed by atoms with Crippen molar-refractivity contribution >= 4 is 22.5 Å². The molecular weight excluding hydrogens is 314 g/mol. The number of carbonyl (C=O) groups is 1. The van der Waals surface area contributed by atoms with Crippen molar-refractivity contribution in [2.45, 2.75) is 32.7 Å². The number of nitrogens with zero attached hydrogens (tertiary/aromatic N) is 3. The van der Waals surface area contributed by atoms with Gasteiger partial charge >= 0.3 is 0 Å². The zero-order valence-electron chi connectivity index (χ0n) is 15.1. The molecule has 6 nitrogen and oxygen atoms in total. The van der Waals surface area contributed by atoms with Gasteiger partial charge in [0.2, 0.25) is 0 Å². The van der Waals surface area contributed by atoms with Crippen LogP contribution in [-0.2, 0) is 0 Å². The van der Waals surface area contributed by atoms with Gasteiger partial charge in [-0.05, 0) is 63.9 Å². The zero-order valence-corrected chi connectivity index (χ0v) is 15.1. The van der Waals surface area contributed by atoms with Gasteiger partial charge in [-0.25, -0.2) is 0 Å². The minimum absolute atomic E-state index is 0.0540. The first-order valence-corrected chi connectivity index (χ1v) is 9.46. The van der Waals surface area contributed by atoms with Crippen LogP contribution in [0, 0.1) is 5.92 Å². The second-order valence-electron chi connectivity index (χ2n) is 7.19. The molecule has 1 amide bonds. The van der Waals surface area contributed by atoms with E-state index in [2.05, 4.69) is 51.3 Å². The van der Waals surface area contributed by atoms with Gasteiger partial charge in [0.15, 0.2) is 5.69 Å². The largest absolute Gasteiger partial charge is 0.372 e. The Morgan fingerprint density at radius 2 is 2.08 bits per heavy atom. The Kier molecular flexibility index (Phi) is 4.37. The molecule has 134 valence electrons. The molecule has 3 saturated heterocycles. The van der Waals surface area contributed by atoms with Crippen molar-refractivity contribution in [3.8, 4) is 0 Å². The second kappa shape index (κ2) is 6.67. The van der Waals surface area contributed by atoms with E-state index in [1.807, 2.05) is 6.07 Å². The summed E-state index contributed by atoms with van der Waals surface area (Å²) in [6.07, 6.45) is 2.39. The Labute approximate surface area is 148 Å². The minimum atomic E-state index is -0.0540. The van der Waals surface area contributed by atoms with Gasteiger partial charge in [0, 0.05) is 36.7 Å². The van der Waals surface area contributed by atoms with E-state index >= 15 is 0 Å². The number of hydrogen-bond donors (Lipinski definition) is 2. The third-order valence-corrected chi connectivity index (χ3v) is 5.86. The summed E-state index contributed by atoms with van der Waals surface area (Å²) in [4.78, 5) is 17.6. The van der Waals surface area contributed by atoms with Gasteiger partial charge in [0.1, 0.15) is 0 Å². The van der Waals surface area contributed by atoms with Gasteiger partial charge < -0.3 is 15.1 Å². The molecule has 3 aliphatic rings. The summed E-state index contributed by atoms with van der Waals surface area (Å²) >= 11 is 0. The van der Waals surface area contributed by atoms with Crippen LogP contribution in [0.15, 0.2) is 18.2 Å². The Hall–Kier alpha value is -2.08. The molecule has 3 aliphatic heterocycles. The monoisotopic (exact) mass is 341 g/mol. The molecule has 0 spiro atoms. The van der Waals surface area contributed by atoms with E-state index in [9.17, 15) is 4.79 Å². The molecule has 2 aromatic rings. The van der Waals surface area contributed by atoms with Gasteiger partial charge in [-0.1, -0.05) is 0 Å². The number of piperidine rings is 3. The summed E-state index contributed by atoms with van der Waals surface area (Å²) in [7, 11) is 0. The molecule has 6 heteroatoms. The molecule has 1 atom stereocenters. The number of nitrogens with one attached hydrogen (secondary N) is 2. The van der Waals surface area contributed by atoms with Crippen molar-refractivity contribution < 1.29 is 4.79 Å². The summed E-state index contributed by atoms with van der Waals surface area (Å²) in [6.45, 7) is 9.50. The summed E-state index contributed by atoms with van der Waals surface area (Å²) in [5.41, 5.74) is 2.56. The third kappa shape index (κ3) is 2.99. The van der Waals surface area contributed by atoms with Crippen LogP contribution in [0.3, 0.4) is 0 Å². The van der Waals surface area contributed by atoms with Crippen molar-refractivity contribution in [3.63, 3.8) is 0 Å². The molecule has 3 fully saturated rings. The molecule has 25 heavy (non-hydrogen) atoms. The van der Waals surface area contributed by atoms with Crippen molar-refractivity contribution in [2.75, 3.05) is 37.6 Å². The fourth-order valence-electron chi connectivity index (χ4n) is 4.33. The molecule has 2 N–H and O–H groups in total. The Morgan fingerprint density at radius 1 is 1.32 bits per heavy atom. The Morgan fingerprint density at radius 3 is 2.72 bits per heavy atom. The summed E-state index contributed by atoms with van der Waals surface area (Å²) in [5, 5.41) is 11.5. The van der Waals surface area contributed by atoms with E-state index in [1.165, 1.54) is 25.9 Å². The van der Waals surface area contributed by atoms with E-state index in [1.54, 1.807) is 0 Å². The molecule has 4 heterocycles. The molecular formula is C19H27N5O. The Balaban J connectivity index is 1.57. The maximum absolute atomic E-state index is 12.9. The highest BCUT2D eigenvalue weighted by atomic mass is 16.2. The molecule has 1 aromatic heterocycles. The standard InChI is InChI=1S/C19H27N5O/c1-3-24(4-2)14-5-6-16-15(11-14)18(22-21-16)19(25)20-17-12-23-9-7-13(17)8-10-23/h5-6,11,13,17H,3-4,7-10,12H2,1-2H3,(H,20,25)(H,21,22)/t17-/m1/s1. The van der Waals surface area contributed by atoms with Gasteiger partial charge in [0.05, 0.1) is 5.52 Å². The fourth-order valence-corrected chi connectivity index (χ4v) is 4.33. The predicted octanol–water partition coefficient (Wildman–Crippen LogP) is 2.23. The van der Waals surface area contributed by atoms with E-state index in [4.69, 9.17) is 0 Å². The van der Waals surface area contributed by atoms with E-state index in [-0.39, 0.29) is 11.9 Å². The first-order chi connectivity index (χ1) is 12.2. The zero-order chi connectivity index (χ0) is 17.4. The van der Waals surface area contributed by atoms with Crippen LogP contribution >= 0.6 is 0 Å². The number of carbonyl (C=O) groups excluding carboxylic acids is 1. The first kappa shape index (κ1) is 16.4. The van der Waals surface area contributed by atoms with Gasteiger partial charge in [-0.3, -0.25) is 9.89 Å². The van der Waals surface area contributed by atoms with Crippen LogP contribution in [0.1, 0.15) is 37.2 Å². The van der Waals surface area contributed by atoms with Crippen molar-refractivity contribution in [2.24, 2.45) is 5.92 Å². The number of benzene rings is 1. The van der Waals surface area contributed by atoms with Crippen LogP contribution in [-0.4, -0.2) is 59.8 Å². The number of H-pyrrole nitrogens is 1. The normalized spacial score (nSPS) is 25.3. The van der Waals surface area contributed by atoms with Crippen LogP contribution < -0.4 is 10.2 Å². The third-order valence-electron chi connectivity index (χ3n) is 5.86. The number of aromatic nitrogens is 2. The van der Waals surface area contributed by atoms with Crippen molar-refractivity contribution in [1.29, 1.82) is 0 Å². The average Bonchev–Trinajstić information content (AvgIpc) is 3.07. The van der Waals surface area contributed by atoms with Gasteiger partial charge in [-0.15, -0.1) is 0 Å². The number of aromatic amines is 1. The van der Waals surface area contributed by atoms with Crippen LogP contribution in [0.2, 0.25) is 0 Å². The Bertz CT molecular complexity index is 758. The minimum Gasteiger partial charge on any atom is -0.372 e. The number of fused-ring (bicyclic) bond motifs is 4. The first-order valence-electron chi connectivity index (χ1n) is 9.46. The van der Waals surface area contributed by atoms with Crippen LogP contribution in [0.5, 0.6) is 0 Å². The highest BCUT2D eigenvalue weighted by Gasteiger charge is 2.35. The summed E-state index contributed by atoms with van der Waals surface area (Å²) < 4.78 is 0. The number of rotatable bonds is 5. The fraction of sp³-hybridized carbons (Fsp3) is 0.579. The van der Waals surface area contributed by atoms with E-state index < -0.39 is 0 Å². The van der Waals surface area contributed by atoms with E-state index in [0.29, 0.717) is 11.6 Å². The van der Waals surface area contributed by atoms with Gasteiger partial charge in [-0.2, -0.15) is 5.10 Å². The molecule has 0 unspecified atom stereocenters. The molecule has 0 radical (unpaired) electrons. The van der Waals surface area contributed by atoms with Gasteiger partial charge in [0.25, 0.3) is 5.91 Å². The number of anilines is 1.